The van der Waals surface area contributed by atoms with Crippen molar-refractivity contribution in [1.82, 2.24) is 0 Å². The third-order valence-electron chi connectivity index (χ3n) is 4.15. The summed E-state index contributed by atoms with van der Waals surface area (Å²) in [5.41, 5.74) is 3.30. The first-order valence-electron chi connectivity index (χ1n) is 8.67. The second kappa shape index (κ2) is 7.92. The van der Waals surface area contributed by atoms with E-state index in [0.29, 0.717) is 21.3 Å². The van der Waals surface area contributed by atoms with Crippen LogP contribution < -0.4 is 5.32 Å². The van der Waals surface area contributed by atoms with Gasteiger partial charge in [0.2, 0.25) is 0 Å². The van der Waals surface area contributed by atoms with Gasteiger partial charge in [-0.15, -0.1) is 11.3 Å². The first-order valence-corrected chi connectivity index (χ1v) is 9.86. The van der Waals surface area contributed by atoms with Gasteiger partial charge in [-0.05, 0) is 55.0 Å². The van der Waals surface area contributed by atoms with Crippen molar-refractivity contribution < 1.29 is 4.79 Å². The fourth-order valence-corrected chi connectivity index (χ4v) is 4.24. The second-order valence-electron chi connectivity index (χ2n) is 6.28. The van der Waals surface area contributed by atoms with E-state index in [1.165, 1.54) is 11.3 Å². The predicted molar refractivity (Wildman–Crippen MR) is 117 cm³/mol. The summed E-state index contributed by atoms with van der Waals surface area (Å²) in [5.74, 6) is -0.220. The Balaban J connectivity index is 1.49. The first-order chi connectivity index (χ1) is 13.6. The highest BCUT2D eigenvalue weighted by Crippen LogP contribution is 2.36. The Kier molecular flexibility index (Phi) is 5.19. The minimum atomic E-state index is -0.220. The van der Waals surface area contributed by atoms with Crippen LogP contribution in [0.25, 0.3) is 10.1 Å². The zero-order valence-electron chi connectivity index (χ0n) is 15.0. The average Bonchev–Trinajstić information content (AvgIpc) is 3.04. The Hall–Kier alpha value is -3.02. The van der Waals surface area contributed by atoms with Gasteiger partial charge in [0.25, 0.3) is 5.91 Å². The van der Waals surface area contributed by atoms with Crippen molar-refractivity contribution in [1.29, 1.82) is 0 Å². The fourth-order valence-electron chi connectivity index (χ4n) is 2.73. The first kappa shape index (κ1) is 18.3. The maximum absolute atomic E-state index is 12.7. The van der Waals surface area contributed by atoms with Crippen molar-refractivity contribution >= 4 is 56.0 Å². The summed E-state index contributed by atoms with van der Waals surface area (Å²) in [4.78, 5) is 13.2. The molecule has 0 aliphatic heterocycles. The second-order valence-corrected chi connectivity index (χ2v) is 7.71. The Morgan fingerprint density at radius 1 is 0.929 bits per heavy atom. The Bertz CT molecular complexity index is 1170. The summed E-state index contributed by atoms with van der Waals surface area (Å²) in [6.45, 7) is 2.02. The molecule has 0 spiro atoms. The number of carbonyl (C=O) groups excluding carboxylic acids is 1. The van der Waals surface area contributed by atoms with E-state index < -0.39 is 0 Å². The molecule has 3 aromatic carbocycles. The molecule has 0 unspecified atom stereocenters. The van der Waals surface area contributed by atoms with Gasteiger partial charge in [-0.2, -0.15) is 10.2 Å². The van der Waals surface area contributed by atoms with Gasteiger partial charge in [-0.3, -0.25) is 4.79 Å². The van der Waals surface area contributed by atoms with Crippen LogP contribution >= 0.6 is 22.9 Å². The SMILES string of the molecule is Cc1ccc2c(Cl)c(C(=O)Nc3ccc(N=Nc4ccccc4)cc3)sc2c1. The van der Waals surface area contributed by atoms with Crippen molar-refractivity contribution in [3.8, 4) is 0 Å². The van der Waals surface area contributed by atoms with Gasteiger partial charge in [0, 0.05) is 15.8 Å². The van der Waals surface area contributed by atoms with Crippen LogP contribution in [0.3, 0.4) is 0 Å². The minimum absolute atomic E-state index is 0.220. The highest BCUT2D eigenvalue weighted by atomic mass is 35.5. The molecule has 0 aliphatic carbocycles. The number of rotatable bonds is 4. The lowest BCUT2D eigenvalue weighted by Gasteiger charge is -2.04. The van der Waals surface area contributed by atoms with E-state index in [0.717, 1.165) is 21.3 Å². The van der Waals surface area contributed by atoms with Crippen LogP contribution in [-0.4, -0.2) is 5.91 Å². The van der Waals surface area contributed by atoms with Crippen molar-refractivity contribution in [2.24, 2.45) is 10.2 Å². The molecule has 1 heterocycles. The van der Waals surface area contributed by atoms with Crippen molar-refractivity contribution in [2.45, 2.75) is 6.92 Å². The molecular weight excluding hydrogens is 390 g/mol. The number of benzene rings is 3. The van der Waals surface area contributed by atoms with E-state index in [-0.39, 0.29) is 5.91 Å². The Morgan fingerprint density at radius 2 is 1.61 bits per heavy atom. The van der Waals surface area contributed by atoms with Crippen LogP contribution in [0.2, 0.25) is 5.02 Å². The molecule has 0 saturated carbocycles. The standard InChI is InChI=1S/C22H16ClN3OS/c1-14-7-12-18-19(13-14)28-21(20(18)23)22(27)24-15-8-10-17(11-9-15)26-25-16-5-3-2-4-6-16/h2-13H,1H3,(H,24,27). The molecule has 4 rings (SSSR count). The van der Waals surface area contributed by atoms with Crippen LogP contribution in [0.15, 0.2) is 83.0 Å². The smallest absolute Gasteiger partial charge is 0.267 e. The summed E-state index contributed by atoms with van der Waals surface area (Å²) >= 11 is 7.81. The Labute approximate surface area is 171 Å². The van der Waals surface area contributed by atoms with E-state index in [9.17, 15) is 4.79 Å². The molecule has 6 heteroatoms. The zero-order chi connectivity index (χ0) is 19.5. The average molecular weight is 406 g/mol. The number of halogens is 1. The number of nitrogens with zero attached hydrogens (tertiary/aromatic N) is 2. The molecule has 1 N–H and O–H groups in total. The monoisotopic (exact) mass is 405 g/mol. The molecule has 0 fully saturated rings. The van der Waals surface area contributed by atoms with Crippen LogP contribution in [0.1, 0.15) is 15.2 Å². The molecule has 4 nitrogen and oxygen atoms in total. The molecule has 0 atom stereocenters. The third kappa shape index (κ3) is 3.96. The summed E-state index contributed by atoms with van der Waals surface area (Å²) in [5, 5.41) is 12.7. The zero-order valence-corrected chi connectivity index (χ0v) is 16.6. The van der Waals surface area contributed by atoms with E-state index in [1.54, 1.807) is 24.3 Å². The third-order valence-corrected chi connectivity index (χ3v) is 5.81. The van der Waals surface area contributed by atoms with Crippen molar-refractivity contribution in [3.05, 3.63) is 88.3 Å². The number of anilines is 1. The van der Waals surface area contributed by atoms with Gasteiger partial charge in [0.1, 0.15) is 4.88 Å². The topological polar surface area (TPSA) is 53.8 Å². The maximum Gasteiger partial charge on any atom is 0.267 e. The lowest BCUT2D eigenvalue weighted by atomic mass is 10.2. The summed E-state index contributed by atoms with van der Waals surface area (Å²) in [7, 11) is 0. The lowest BCUT2D eigenvalue weighted by Crippen LogP contribution is -2.10. The maximum atomic E-state index is 12.7. The molecule has 0 bridgehead atoms. The van der Waals surface area contributed by atoms with Crippen LogP contribution in [0.5, 0.6) is 0 Å². The Morgan fingerprint density at radius 3 is 2.32 bits per heavy atom. The van der Waals surface area contributed by atoms with E-state index in [4.69, 9.17) is 11.6 Å². The number of hydrogen-bond acceptors (Lipinski definition) is 4. The number of azo groups is 1. The molecule has 0 aliphatic rings. The van der Waals surface area contributed by atoms with Gasteiger partial charge >= 0.3 is 0 Å². The highest BCUT2D eigenvalue weighted by molar-refractivity contribution is 7.21. The normalized spacial score (nSPS) is 11.2. The van der Waals surface area contributed by atoms with E-state index in [2.05, 4.69) is 15.5 Å². The van der Waals surface area contributed by atoms with Gasteiger partial charge in [0.05, 0.1) is 16.4 Å². The van der Waals surface area contributed by atoms with E-state index >= 15 is 0 Å². The van der Waals surface area contributed by atoms with Gasteiger partial charge in [0.15, 0.2) is 0 Å². The van der Waals surface area contributed by atoms with Crippen LogP contribution in [-0.2, 0) is 0 Å². The van der Waals surface area contributed by atoms with Gasteiger partial charge in [-0.25, -0.2) is 0 Å². The quantitative estimate of drug-likeness (QED) is 0.350. The van der Waals surface area contributed by atoms with Crippen LogP contribution in [0.4, 0.5) is 17.1 Å². The number of amides is 1. The molecule has 4 aromatic rings. The molecule has 28 heavy (non-hydrogen) atoms. The number of thiophene rings is 1. The predicted octanol–water partition coefficient (Wildman–Crippen LogP) is 7.53. The van der Waals surface area contributed by atoms with Crippen LogP contribution in [0, 0.1) is 6.92 Å². The summed E-state index contributed by atoms with van der Waals surface area (Å²) in [6.07, 6.45) is 0. The molecule has 1 amide bonds. The van der Waals surface area contributed by atoms with Gasteiger partial charge < -0.3 is 5.32 Å². The number of nitrogens with one attached hydrogen (secondary N) is 1. The number of carbonyl (C=O) groups is 1. The number of fused-ring (bicyclic) bond motifs is 1. The minimum Gasteiger partial charge on any atom is -0.321 e. The molecule has 138 valence electrons. The van der Waals surface area contributed by atoms with Crippen molar-refractivity contribution in [3.63, 3.8) is 0 Å². The molecular formula is C22H16ClN3OS. The highest BCUT2D eigenvalue weighted by Gasteiger charge is 2.17. The largest absolute Gasteiger partial charge is 0.321 e. The van der Waals surface area contributed by atoms with Crippen molar-refractivity contribution in [2.75, 3.05) is 5.32 Å². The summed E-state index contributed by atoms with van der Waals surface area (Å²) < 4.78 is 1.01. The van der Waals surface area contributed by atoms with E-state index in [1.807, 2.05) is 55.5 Å². The molecule has 0 saturated heterocycles. The fraction of sp³-hybridized carbons (Fsp3) is 0.0455. The molecule has 1 aromatic heterocycles. The number of hydrogen-bond donors (Lipinski definition) is 1. The lowest BCUT2D eigenvalue weighted by molar-refractivity contribution is 0.103. The van der Waals surface area contributed by atoms with Gasteiger partial charge in [-0.1, -0.05) is 41.9 Å². The summed E-state index contributed by atoms with van der Waals surface area (Å²) in [6, 6.07) is 22.7. The molecule has 0 radical (unpaired) electrons. The number of aryl methyl sites for hydroxylation is 1.